The van der Waals surface area contributed by atoms with Crippen LogP contribution in [0.3, 0.4) is 0 Å². The van der Waals surface area contributed by atoms with Gasteiger partial charge in [0, 0.05) is 5.57 Å². The van der Waals surface area contributed by atoms with E-state index in [9.17, 15) is 9.59 Å². The summed E-state index contributed by atoms with van der Waals surface area (Å²) in [6, 6.07) is 5.44. The smallest absolute Gasteiger partial charge is 0.334 e. The second-order valence-corrected chi connectivity index (χ2v) is 4.14. The number of ether oxygens (including phenoxy) is 3. The second-order valence-electron chi connectivity index (χ2n) is 4.14. The van der Waals surface area contributed by atoms with Crippen molar-refractivity contribution in [1.29, 1.82) is 0 Å². The Labute approximate surface area is 131 Å². The molecule has 0 aliphatic carbocycles. The molecule has 1 aromatic carbocycles. The Morgan fingerprint density at radius 2 is 1.73 bits per heavy atom. The summed E-state index contributed by atoms with van der Waals surface area (Å²) >= 11 is 0. The van der Waals surface area contributed by atoms with Crippen LogP contribution in [0.5, 0.6) is 5.75 Å². The fraction of sp³-hybridized carbons (Fsp3) is 0.412. The van der Waals surface area contributed by atoms with Gasteiger partial charge in [-0.25, -0.2) is 4.79 Å². The Morgan fingerprint density at radius 1 is 1.09 bits per heavy atom. The normalized spacial score (nSPS) is 10.2. The zero-order valence-electron chi connectivity index (χ0n) is 14.1. The first-order chi connectivity index (χ1) is 10.5. The van der Waals surface area contributed by atoms with Gasteiger partial charge < -0.3 is 14.2 Å². The summed E-state index contributed by atoms with van der Waals surface area (Å²) in [7, 11) is 4.13. The zero-order valence-corrected chi connectivity index (χ0v) is 14.1. The molecule has 0 atom stereocenters. The third kappa shape index (κ3) is 5.99. The van der Waals surface area contributed by atoms with Crippen LogP contribution in [0.1, 0.15) is 31.4 Å². The molecule has 0 unspecified atom stereocenters. The van der Waals surface area contributed by atoms with Crippen LogP contribution in [-0.4, -0.2) is 33.3 Å². The summed E-state index contributed by atoms with van der Waals surface area (Å²) in [4.78, 5) is 23.0. The maximum Gasteiger partial charge on any atom is 0.334 e. The van der Waals surface area contributed by atoms with E-state index >= 15 is 0 Å². The van der Waals surface area contributed by atoms with Gasteiger partial charge in [0.25, 0.3) is 0 Å². The van der Waals surface area contributed by atoms with Crippen molar-refractivity contribution >= 4 is 18.0 Å². The SMILES string of the molecule is CC.COC(=O)C/C(=C\c1ccc(OC)cc1C)C(=O)OC. The lowest BCUT2D eigenvalue weighted by Crippen LogP contribution is -2.11. The van der Waals surface area contributed by atoms with Gasteiger partial charge in [0.05, 0.1) is 27.8 Å². The van der Waals surface area contributed by atoms with E-state index in [-0.39, 0.29) is 12.0 Å². The van der Waals surface area contributed by atoms with Crippen molar-refractivity contribution in [2.75, 3.05) is 21.3 Å². The number of benzene rings is 1. The maximum atomic E-state index is 11.7. The van der Waals surface area contributed by atoms with E-state index in [2.05, 4.69) is 9.47 Å². The van der Waals surface area contributed by atoms with E-state index < -0.39 is 11.9 Å². The molecule has 0 saturated carbocycles. The number of methoxy groups -OCH3 is 3. The van der Waals surface area contributed by atoms with E-state index in [1.54, 1.807) is 19.3 Å². The molecule has 0 bridgehead atoms. The Morgan fingerprint density at radius 3 is 2.18 bits per heavy atom. The van der Waals surface area contributed by atoms with Gasteiger partial charge in [0.2, 0.25) is 0 Å². The molecule has 1 aromatic rings. The number of carbonyl (C=O) groups is 2. The van der Waals surface area contributed by atoms with Crippen LogP contribution in [0, 0.1) is 6.92 Å². The van der Waals surface area contributed by atoms with Gasteiger partial charge >= 0.3 is 11.9 Å². The van der Waals surface area contributed by atoms with Crippen LogP contribution >= 0.6 is 0 Å². The number of rotatable bonds is 5. The first kappa shape index (κ1) is 19.7. The van der Waals surface area contributed by atoms with Crippen molar-refractivity contribution in [1.82, 2.24) is 0 Å². The Bertz CT molecular complexity index is 532. The van der Waals surface area contributed by atoms with Crippen LogP contribution in [0.25, 0.3) is 6.08 Å². The number of hydrogen-bond acceptors (Lipinski definition) is 5. The third-order valence-corrected chi connectivity index (χ3v) is 2.82. The van der Waals surface area contributed by atoms with Gasteiger partial charge in [0.1, 0.15) is 5.75 Å². The molecule has 5 nitrogen and oxygen atoms in total. The van der Waals surface area contributed by atoms with Gasteiger partial charge in [0.15, 0.2) is 0 Å². The third-order valence-electron chi connectivity index (χ3n) is 2.82. The molecule has 122 valence electrons. The van der Waals surface area contributed by atoms with Gasteiger partial charge in [-0.05, 0) is 36.3 Å². The molecule has 0 fully saturated rings. The lowest BCUT2D eigenvalue weighted by molar-refractivity contribution is -0.143. The summed E-state index contributed by atoms with van der Waals surface area (Å²) < 4.78 is 14.4. The molecule has 0 amide bonds. The van der Waals surface area contributed by atoms with Gasteiger partial charge in [-0.3, -0.25) is 4.79 Å². The Kier molecular flexibility index (Phi) is 9.34. The molecule has 0 spiro atoms. The van der Waals surface area contributed by atoms with Crippen LogP contribution in [0.15, 0.2) is 23.8 Å². The van der Waals surface area contributed by atoms with Crippen LogP contribution < -0.4 is 4.74 Å². The largest absolute Gasteiger partial charge is 0.497 e. The van der Waals surface area contributed by atoms with Crippen molar-refractivity contribution in [2.24, 2.45) is 0 Å². The zero-order chi connectivity index (χ0) is 17.1. The predicted molar refractivity (Wildman–Crippen MR) is 85.7 cm³/mol. The lowest BCUT2D eigenvalue weighted by atomic mass is 10.0. The predicted octanol–water partition coefficient (Wildman–Crippen LogP) is 3.15. The molecule has 1 rings (SSSR count). The molecule has 0 aliphatic heterocycles. The second kappa shape index (κ2) is 10.4. The van der Waals surface area contributed by atoms with E-state index in [1.165, 1.54) is 14.2 Å². The summed E-state index contributed by atoms with van der Waals surface area (Å²) in [5, 5.41) is 0. The summed E-state index contributed by atoms with van der Waals surface area (Å²) in [5.41, 5.74) is 1.98. The summed E-state index contributed by atoms with van der Waals surface area (Å²) in [6.07, 6.45) is 1.49. The molecule has 5 heteroatoms. The van der Waals surface area contributed by atoms with Crippen molar-refractivity contribution in [3.63, 3.8) is 0 Å². The minimum Gasteiger partial charge on any atom is -0.497 e. The topological polar surface area (TPSA) is 61.8 Å². The fourth-order valence-corrected chi connectivity index (χ4v) is 1.67. The number of hydrogen-bond donors (Lipinski definition) is 0. The lowest BCUT2D eigenvalue weighted by Gasteiger charge is -2.08. The maximum absolute atomic E-state index is 11.7. The molecule has 22 heavy (non-hydrogen) atoms. The van der Waals surface area contributed by atoms with Gasteiger partial charge in [-0.2, -0.15) is 0 Å². The first-order valence-corrected chi connectivity index (χ1v) is 7.02. The van der Waals surface area contributed by atoms with E-state index in [0.29, 0.717) is 0 Å². The monoisotopic (exact) mass is 308 g/mol. The van der Waals surface area contributed by atoms with Crippen molar-refractivity contribution in [3.8, 4) is 5.75 Å². The standard InChI is InChI=1S/C15H18O5.C2H6/c1-10-7-13(18-2)6-5-11(10)8-12(15(17)20-4)9-14(16)19-3;1-2/h5-8H,9H2,1-4H3;1-2H3/b12-8+;. The molecule has 0 aromatic heterocycles. The molecule has 0 aliphatic rings. The highest BCUT2D eigenvalue weighted by Crippen LogP contribution is 2.20. The molecule has 0 N–H and O–H groups in total. The van der Waals surface area contributed by atoms with Crippen LogP contribution in [-0.2, 0) is 19.1 Å². The highest BCUT2D eigenvalue weighted by molar-refractivity contribution is 5.98. The Hall–Kier alpha value is -2.30. The fourth-order valence-electron chi connectivity index (χ4n) is 1.67. The van der Waals surface area contributed by atoms with E-state index in [4.69, 9.17) is 4.74 Å². The minimum absolute atomic E-state index is 0.130. The van der Waals surface area contributed by atoms with Gasteiger partial charge in [-0.1, -0.05) is 19.9 Å². The van der Waals surface area contributed by atoms with Crippen molar-refractivity contribution < 1.29 is 23.8 Å². The van der Waals surface area contributed by atoms with E-state index in [0.717, 1.165) is 16.9 Å². The summed E-state index contributed by atoms with van der Waals surface area (Å²) in [6.45, 7) is 5.89. The number of aryl methyl sites for hydroxylation is 1. The number of esters is 2. The van der Waals surface area contributed by atoms with Crippen molar-refractivity contribution in [3.05, 3.63) is 34.9 Å². The van der Waals surface area contributed by atoms with Crippen LogP contribution in [0.2, 0.25) is 0 Å². The highest BCUT2D eigenvalue weighted by Gasteiger charge is 2.15. The molecular formula is C17H24O5. The van der Waals surface area contributed by atoms with Gasteiger partial charge in [-0.15, -0.1) is 0 Å². The van der Waals surface area contributed by atoms with Crippen molar-refractivity contribution in [2.45, 2.75) is 27.2 Å². The molecule has 0 saturated heterocycles. The average molecular weight is 308 g/mol. The molecule has 0 radical (unpaired) electrons. The average Bonchev–Trinajstić information content (AvgIpc) is 2.56. The molecule has 0 heterocycles. The van der Waals surface area contributed by atoms with E-state index in [1.807, 2.05) is 32.9 Å². The summed E-state index contributed by atoms with van der Waals surface area (Å²) in [5.74, 6) is -0.314. The number of carbonyl (C=O) groups excluding carboxylic acids is 2. The quantitative estimate of drug-likeness (QED) is 0.617. The minimum atomic E-state index is -0.550. The highest BCUT2D eigenvalue weighted by atomic mass is 16.5. The van der Waals surface area contributed by atoms with Crippen LogP contribution in [0.4, 0.5) is 0 Å². The molecular weight excluding hydrogens is 284 g/mol. The Balaban J connectivity index is 0.00000211. The first-order valence-electron chi connectivity index (χ1n) is 7.02.